The number of hydrogen-bond acceptors (Lipinski definition) is 18. The highest BCUT2D eigenvalue weighted by atomic mass is 35.5. The quantitative estimate of drug-likeness (QED) is 0.0175. The number of carbonyl (C=O) groups is 2. The van der Waals surface area contributed by atoms with E-state index < -0.39 is 93.0 Å². The number of aliphatic hydroxyl groups is 10. The lowest BCUT2D eigenvalue weighted by Gasteiger charge is -2.34. The van der Waals surface area contributed by atoms with Crippen molar-refractivity contribution in [2.24, 2.45) is 5.73 Å². The van der Waals surface area contributed by atoms with Crippen molar-refractivity contribution >= 4 is 46.0 Å². The number of carbonyl (C=O) groups excluding carboxylic acids is 2. The van der Waals surface area contributed by atoms with Crippen LogP contribution in [-0.2, 0) is 17.6 Å². The number of benzene rings is 2. The topological polar surface area (TPSA) is 377 Å². The highest BCUT2D eigenvalue weighted by Crippen LogP contribution is 2.21. The van der Waals surface area contributed by atoms with Gasteiger partial charge in [0.25, 0.3) is 5.91 Å². The van der Waals surface area contributed by atoms with Crippen LogP contribution in [0.3, 0.4) is 0 Å². The van der Waals surface area contributed by atoms with Crippen molar-refractivity contribution in [1.82, 2.24) is 30.8 Å². The standard InChI is InChI=1S/C37H56ClN9O12/c1-18-33(38)45-28(34(39)44-18)36(59)46-37(41)42-9-3-2-4-19-5-7-22-11-20(6-8-21(22)10-19)12-23(35(40)58)43-17-47(13-24(50)29(54)31(56)26(52)15-48)14-25(51)30(55)32(57)27(53)16-49/h5-8,10-11,23-27,29-32,43,48-57H,2-4,9,12-17H2,1H3,(H2,39,44)(H2,40,58)(H3,41,42,46,59). The number of anilines is 1. The van der Waals surface area contributed by atoms with Gasteiger partial charge in [0, 0.05) is 26.3 Å². The Morgan fingerprint density at radius 2 is 1.34 bits per heavy atom. The van der Waals surface area contributed by atoms with E-state index in [-0.39, 0.29) is 35.7 Å². The van der Waals surface area contributed by atoms with E-state index in [0.29, 0.717) is 18.7 Å². The number of halogens is 1. The number of aliphatic hydroxyl groups excluding tert-OH is 10. The van der Waals surface area contributed by atoms with E-state index in [4.69, 9.17) is 38.7 Å². The number of amides is 2. The van der Waals surface area contributed by atoms with Crippen molar-refractivity contribution in [2.75, 3.05) is 45.3 Å². The monoisotopic (exact) mass is 853 g/mol. The zero-order chi connectivity index (χ0) is 44.0. The van der Waals surface area contributed by atoms with E-state index >= 15 is 0 Å². The van der Waals surface area contributed by atoms with Gasteiger partial charge in [-0.25, -0.2) is 9.97 Å². The van der Waals surface area contributed by atoms with Gasteiger partial charge < -0.3 is 67.8 Å². The number of nitrogens with two attached hydrogens (primary N) is 2. The molecule has 0 bridgehead atoms. The number of rotatable bonds is 24. The Labute approximate surface area is 344 Å². The van der Waals surface area contributed by atoms with Crippen LogP contribution in [0.1, 0.15) is 40.2 Å². The summed E-state index contributed by atoms with van der Waals surface area (Å²) in [6, 6.07) is 10.5. The molecular weight excluding hydrogens is 798 g/mol. The Bertz CT molecular complexity index is 1820. The van der Waals surface area contributed by atoms with Crippen LogP contribution in [0.4, 0.5) is 5.82 Å². The molecule has 328 valence electrons. The number of aryl methyl sites for hydroxylation is 2. The Kier molecular flexibility index (Phi) is 19.6. The summed E-state index contributed by atoms with van der Waals surface area (Å²) in [5.41, 5.74) is 13.5. The first-order valence-corrected chi connectivity index (χ1v) is 19.1. The third-order valence-electron chi connectivity index (χ3n) is 9.54. The molecule has 22 heteroatoms. The van der Waals surface area contributed by atoms with Crippen molar-refractivity contribution in [1.29, 1.82) is 5.41 Å². The van der Waals surface area contributed by atoms with Gasteiger partial charge in [-0.05, 0) is 54.5 Å². The molecule has 9 atom stereocenters. The summed E-state index contributed by atoms with van der Waals surface area (Å²) >= 11 is 5.94. The maximum Gasteiger partial charge on any atom is 0.280 e. The van der Waals surface area contributed by atoms with Gasteiger partial charge in [-0.3, -0.25) is 30.5 Å². The Morgan fingerprint density at radius 3 is 1.88 bits per heavy atom. The fraction of sp³-hybridized carbons (Fsp3) is 0.541. The van der Waals surface area contributed by atoms with Gasteiger partial charge in [0.15, 0.2) is 22.6 Å². The number of fused-ring (bicyclic) bond motifs is 1. The molecule has 59 heavy (non-hydrogen) atoms. The Morgan fingerprint density at radius 1 is 0.814 bits per heavy atom. The van der Waals surface area contributed by atoms with E-state index in [0.717, 1.165) is 34.7 Å². The largest absolute Gasteiger partial charge is 0.394 e. The number of guanidine groups is 1. The molecule has 0 radical (unpaired) electrons. The number of unbranched alkanes of at least 4 members (excludes halogenated alkanes) is 1. The fourth-order valence-corrected chi connectivity index (χ4v) is 6.15. The predicted octanol–water partition coefficient (Wildman–Crippen LogP) is -4.43. The minimum atomic E-state index is -1.98. The third kappa shape index (κ3) is 14.8. The summed E-state index contributed by atoms with van der Waals surface area (Å²) < 4.78 is 0. The molecule has 18 N–H and O–H groups in total. The number of nitrogens with zero attached hydrogens (tertiary/aromatic N) is 3. The van der Waals surface area contributed by atoms with Gasteiger partial charge in [0.1, 0.15) is 36.6 Å². The van der Waals surface area contributed by atoms with Crippen LogP contribution in [0.25, 0.3) is 10.8 Å². The normalized spacial score (nSPS) is 16.4. The summed E-state index contributed by atoms with van der Waals surface area (Å²) in [6.45, 7) is -1.20. The molecule has 0 fully saturated rings. The van der Waals surface area contributed by atoms with Crippen LogP contribution in [0.5, 0.6) is 0 Å². The van der Waals surface area contributed by atoms with Crippen LogP contribution in [-0.4, -0.2) is 178 Å². The average Bonchev–Trinajstić information content (AvgIpc) is 3.21. The molecule has 0 saturated heterocycles. The van der Waals surface area contributed by atoms with Crippen molar-refractivity contribution in [3.8, 4) is 0 Å². The summed E-state index contributed by atoms with van der Waals surface area (Å²) in [6.07, 6.45) is -12.7. The summed E-state index contributed by atoms with van der Waals surface area (Å²) in [5, 5.41) is 118. The lowest BCUT2D eigenvalue weighted by atomic mass is 9.98. The molecule has 3 rings (SSSR count). The lowest BCUT2D eigenvalue weighted by Crippen LogP contribution is -2.56. The molecule has 2 amide bonds. The first-order chi connectivity index (χ1) is 27.9. The van der Waals surface area contributed by atoms with Crippen molar-refractivity contribution in [3.63, 3.8) is 0 Å². The molecule has 0 aliphatic rings. The van der Waals surface area contributed by atoms with Gasteiger partial charge in [-0.2, -0.15) is 0 Å². The first-order valence-electron chi connectivity index (χ1n) is 18.7. The minimum absolute atomic E-state index is 0.0369. The van der Waals surface area contributed by atoms with Crippen molar-refractivity contribution in [2.45, 2.75) is 87.5 Å². The van der Waals surface area contributed by atoms with Crippen LogP contribution < -0.4 is 27.4 Å². The van der Waals surface area contributed by atoms with Gasteiger partial charge >= 0.3 is 0 Å². The summed E-state index contributed by atoms with van der Waals surface area (Å²) in [7, 11) is 0. The second kappa shape index (κ2) is 23.6. The molecule has 3 aromatic rings. The van der Waals surface area contributed by atoms with E-state index in [1.54, 1.807) is 6.92 Å². The van der Waals surface area contributed by atoms with Crippen LogP contribution in [0, 0.1) is 12.3 Å². The van der Waals surface area contributed by atoms with E-state index in [9.17, 15) is 50.4 Å². The molecule has 0 aliphatic heterocycles. The molecular formula is C37H56ClN9O12. The van der Waals surface area contributed by atoms with E-state index in [1.807, 2.05) is 36.4 Å². The Hall–Kier alpha value is -4.20. The smallest absolute Gasteiger partial charge is 0.280 e. The third-order valence-corrected chi connectivity index (χ3v) is 9.90. The first kappa shape index (κ1) is 49.2. The SMILES string of the molecule is Cc1nc(N)c(C(=O)NC(=N)NCCCCc2ccc3cc(CC(NCN(CC(O)C(O)C(O)C(O)CO)CC(O)C(O)C(O)C(O)CO)C(N)=O)ccc3c2)nc1Cl. The molecule has 2 aromatic carbocycles. The number of primary amides is 1. The molecule has 9 unspecified atom stereocenters. The van der Waals surface area contributed by atoms with Crippen molar-refractivity contribution < 1.29 is 60.7 Å². The van der Waals surface area contributed by atoms with Crippen LogP contribution in [0.2, 0.25) is 5.15 Å². The summed E-state index contributed by atoms with van der Waals surface area (Å²) in [4.78, 5) is 34.1. The molecule has 21 nitrogen and oxygen atoms in total. The highest BCUT2D eigenvalue weighted by Gasteiger charge is 2.34. The molecule has 0 saturated carbocycles. The molecule has 1 heterocycles. The minimum Gasteiger partial charge on any atom is -0.394 e. The van der Waals surface area contributed by atoms with Gasteiger partial charge in [-0.1, -0.05) is 48.0 Å². The van der Waals surface area contributed by atoms with Gasteiger partial charge in [0.2, 0.25) is 5.91 Å². The van der Waals surface area contributed by atoms with E-state index in [1.165, 1.54) is 4.90 Å². The number of aromatic nitrogens is 2. The maximum atomic E-state index is 12.5. The average molecular weight is 854 g/mol. The second-order valence-electron chi connectivity index (χ2n) is 14.2. The zero-order valence-corrected chi connectivity index (χ0v) is 33.2. The highest BCUT2D eigenvalue weighted by molar-refractivity contribution is 6.30. The number of nitrogens with one attached hydrogen (secondary N) is 4. The predicted molar refractivity (Wildman–Crippen MR) is 215 cm³/mol. The second-order valence-corrected chi connectivity index (χ2v) is 14.6. The fourth-order valence-electron chi connectivity index (χ4n) is 6.02. The van der Waals surface area contributed by atoms with Gasteiger partial charge in [0.05, 0.1) is 37.2 Å². The van der Waals surface area contributed by atoms with Crippen LogP contribution in [0.15, 0.2) is 36.4 Å². The van der Waals surface area contributed by atoms with E-state index in [2.05, 4.69) is 25.9 Å². The lowest BCUT2D eigenvalue weighted by molar-refractivity contribution is -0.131. The Balaban J connectivity index is 1.58. The van der Waals surface area contributed by atoms with Crippen LogP contribution >= 0.6 is 11.6 Å². The summed E-state index contributed by atoms with van der Waals surface area (Å²) in [5.74, 6) is -1.79. The van der Waals surface area contributed by atoms with Crippen molar-refractivity contribution in [3.05, 3.63) is 64.1 Å². The molecule has 0 spiro atoms. The number of nitrogen functional groups attached to an aromatic ring is 1. The number of hydrogen-bond donors (Lipinski definition) is 16. The molecule has 0 aliphatic carbocycles. The maximum absolute atomic E-state index is 12.5. The van der Waals surface area contributed by atoms with Gasteiger partial charge in [-0.15, -0.1) is 0 Å². The molecule has 1 aromatic heterocycles. The zero-order valence-electron chi connectivity index (χ0n) is 32.4.